The first-order valence-electron chi connectivity index (χ1n) is 48.9. The van der Waals surface area contributed by atoms with Crippen molar-refractivity contribution in [2.24, 2.45) is 0 Å². The number of nitrogens with zero attached hydrogens (tertiary/aromatic N) is 17. The highest BCUT2D eigenvalue weighted by molar-refractivity contribution is 5.99. The van der Waals surface area contributed by atoms with Gasteiger partial charge in [-0.15, -0.1) is 5.10 Å². The first kappa shape index (κ1) is 91.3. The molecule has 8 N–H and O–H groups in total. The fourth-order valence-corrected chi connectivity index (χ4v) is 20.3. The van der Waals surface area contributed by atoms with Crippen molar-refractivity contribution in [3.05, 3.63) is 299 Å². The Kier molecular flexibility index (Phi) is 26.3. The molecule has 0 amide bonds. The molecule has 0 saturated carbocycles. The minimum atomic E-state index is -0.256. The number of aryl methyl sites for hydroxylation is 1. The highest BCUT2D eigenvalue weighted by atomic mass is 19.1. The molecule has 0 bridgehead atoms. The standard InChI is InChI=1S/C31H33FN6O2.C30H29FN6O2.C27H27N7.C22H20N6O/c1-19(2)40-22-13-10-20(11-14-22)29-23-17-21(12-15-26(23)34-35-29)30-33-31(37-36-30)27-8-4-5-16-38(27)18-24-25(32)7-6-9-28(24)39-3;1-38-27-7-4-5-23(31)22(27)17-37-13-3-2-6-25(37)30-32-29(35-36-30)20-8-10-24-21(16-20)28(34-33-24)19-9-11-26-18(15-19)12-14-39-26;1-19-5-2-3-6-22(19)16-33-14-4-7-23(17-33)34-18-26(30-32-34)21-8-9-25-24(15-21)27(31-29-25)20-10-12-28-13-11-20;1-2-9-23-18(3-1)22-24-21(27-28-22)15-4-6-17-16(12-15)20(26-25-17)14-5-7-19-13(11-14)8-10-29-19/h6-7,9-15,17,19,27H,4-5,8,16,18H2,1-3H3,(H,34,35)(H,33,36,37);4-5,7-11,15-16,25H,2-3,6,12-14,17H2,1H3,(H,33,34)(H,32,35,36);2-3,5-6,8-13,15,18,23H,4,7,14,16-17H2,1H3,(H,29,31);1-2,4-7,11-12,18,23H,3,8-10H2,(H,25,26)(H,24,27,28)/t;;23-;18-/m..11/s1. The summed E-state index contributed by atoms with van der Waals surface area (Å²) in [5.41, 5.74) is 22.8. The second kappa shape index (κ2) is 41.0. The Morgan fingerprint density at radius 2 is 0.937 bits per heavy atom. The summed E-state index contributed by atoms with van der Waals surface area (Å²) in [7, 11) is 3.16. The van der Waals surface area contributed by atoms with Gasteiger partial charge in [-0.3, -0.25) is 55.4 Å². The first-order valence-corrected chi connectivity index (χ1v) is 48.9. The molecule has 6 aliphatic heterocycles. The molecule has 6 aliphatic rings. The topological polar surface area (TPSA) is 351 Å². The van der Waals surface area contributed by atoms with Crippen LogP contribution >= 0.6 is 0 Å². The van der Waals surface area contributed by atoms with E-state index in [2.05, 4.69) is 222 Å². The molecule has 25 rings (SSSR count). The van der Waals surface area contributed by atoms with Crippen LogP contribution in [0.25, 0.3) is 134 Å². The maximum absolute atomic E-state index is 14.7. The Labute approximate surface area is 817 Å². The number of H-pyrrole nitrogens is 7. The molecule has 3 saturated heterocycles. The monoisotopic (exact) mass is 1900 g/mol. The van der Waals surface area contributed by atoms with Crippen molar-refractivity contribution in [3.8, 4) is 119 Å². The lowest BCUT2D eigenvalue weighted by atomic mass is 10.00. The lowest BCUT2D eigenvalue weighted by molar-refractivity contribution is 0.131. The van der Waals surface area contributed by atoms with Crippen LogP contribution < -0.4 is 29.0 Å². The van der Waals surface area contributed by atoms with Crippen molar-refractivity contribution in [1.82, 2.24) is 126 Å². The molecule has 0 radical (unpaired) electrons. The van der Waals surface area contributed by atoms with Gasteiger partial charge in [0, 0.05) is 135 Å². The zero-order valence-electron chi connectivity index (χ0n) is 79.7. The van der Waals surface area contributed by atoms with Gasteiger partial charge in [0.05, 0.1) is 103 Å². The highest BCUT2D eigenvalue weighted by Gasteiger charge is 2.33. The van der Waals surface area contributed by atoms with E-state index in [-0.39, 0.29) is 35.9 Å². The van der Waals surface area contributed by atoms with Crippen molar-refractivity contribution < 1.29 is 32.5 Å². The summed E-state index contributed by atoms with van der Waals surface area (Å²) in [6.07, 6.45) is 21.3. The Balaban J connectivity index is 0.000000109. The molecule has 10 aromatic carbocycles. The van der Waals surface area contributed by atoms with E-state index in [1.165, 1.54) is 40.8 Å². The number of hydrogen-bond acceptors (Lipinski definition) is 22. The molecular formula is C110H109F2N25O5. The van der Waals surface area contributed by atoms with E-state index < -0.39 is 0 Å². The summed E-state index contributed by atoms with van der Waals surface area (Å²) in [5, 5.41) is 70.6. The van der Waals surface area contributed by atoms with Gasteiger partial charge in [-0.05, 0) is 271 Å². The van der Waals surface area contributed by atoms with Crippen LogP contribution in [0.4, 0.5) is 8.78 Å². The SMILES string of the molecule is C1=CC[C@H](c2nc(-c3ccc4[nH]nc(-c5ccc6c(c5)CCO6)c4c3)n[nH]2)NC1.COc1cccc(F)c1CN1CCCCC1c1nc(-c2ccc3[nH]nc(-c4ccc(OC(C)C)cc4)c3c2)n[nH]1.COc1cccc(F)c1CN1CCCCC1c1nc(-c2ccc3[nH]nc(-c4ccc5c(c4)CCO5)c3c2)n[nH]1.Cc1ccccc1CN1CCC[C@@H](n2cc(-c3ccc4[nH]nc(-c5ccncc5)c4c3)nn2)C1. The van der Waals surface area contributed by atoms with Crippen LogP contribution in [-0.4, -0.2) is 187 Å². The summed E-state index contributed by atoms with van der Waals surface area (Å²) in [6.45, 7) is 14.3. The van der Waals surface area contributed by atoms with Crippen LogP contribution in [0, 0.1) is 18.6 Å². The zero-order valence-corrected chi connectivity index (χ0v) is 79.7. The largest absolute Gasteiger partial charge is 0.496 e. The number of ether oxygens (including phenoxy) is 5. The molecule has 3 fully saturated rings. The number of nitrogens with one attached hydrogen (secondary N) is 8. The van der Waals surface area contributed by atoms with Crippen LogP contribution in [0.15, 0.2) is 237 Å². The Bertz CT molecular complexity index is 7730. The smallest absolute Gasteiger partial charge is 0.181 e. The maximum atomic E-state index is 14.7. The quantitative estimate of drug-likeness (QED) is 0.0292. The Hall–Kier alpha value is -15.8. The van der Waals surface area contributed by atoms with Gasteiger partial charge in [0.25, 0.3) is 0 Å². The van der Waals surface area contributed by atoms with E-state index >= 15 is 0 Å². The van der Waals surface area contributed by atoms with E-state index in [0.29, 0.717) is 59.2 Å². The molecule has 15 heterocycles. The molecule has 4 atom stereocenters. The van der Waals surface area contributed by atoms with E-state index in [9.17, 15) is 8.78 Å². The number of benzene rings is 10. The molecule has 2 unspecified atom stereocenters. The van der Waals surface area contributed by atoms with E-state index in [1.54, 1.807) is 50.9 Å². The summed E-state index contributed by atoms with van der Waals surface area (Å²) in [4.78, 5) is 25.8. The second-order valence-corrected chi connectivity index (χ2v) is 37.2. The minimum absolute atomic E-state index is 0.0131. The Morgan fingerprint density at radius 1 is 0.451 bits per heavy atom. The number of fused-ring (bicyclic) bond motifs is 6. The van der Waals surface area contributed by atoms with Crippen LogP contribution in [0.5, 0.6) is 28.7 Å². The van der Waals surface area contributed by atoms with E-state index in [1.807, 2.05) is 98.8 Å². The number of piperidine rings is 3. The number of likely N-dealkylation sites (tertiary alicyclic amines) is 3. The molecule has 718 valence electrons. The van der Waals surface area contributed by atoms with Crippen molar-refractivity contribution >= 4 is 43.6 Å². The molecule has 0 spiro atoms. The molecule has 32 heteroatoms. The normalized spacial score (nSPS) is 17.0. The van der Waals surface area contributed by atoms with Crippen molar-refractivity contribution in [2.75, 3.05) is 60.2 Å². The van der Waals surface area contributed by atoms with Gasteiger partial charge in [0.2, 0.25) is 0 Å². The van der Waals surface area contributed by atoms with Crippen LogP contribution in [-0.2, 0) is 32.5 Å². The van der Waals surface area contributed by atoms with Crippen LogP contribution in [0.3, 0.4) is 0 Å². The molecule has 9 aromatic heterocycles. The second-order valence-electron chi connectivity index (χ2n) is 37.2. The van der Waals surface area contributed by atoms with Gasteiger partial charge < -0.3 is 29.0 Å². The molecule has 19 aromatic rings. The summed E-state index contributed by atoms with van der Waals surface area (Å²) in [6, 6.07) is 68.3. The highest BCUT2D eigenvalue weighted by Crippen LogP contribution is 2.43. The molecule has 0 aliphatic carbocycles. The van der Waals surface area contributed by atoms with E-state index in [0.717, 1.165) is 268 Å². The summed E-state index contributed by atoms with van der Waals surface area (Å²) >= 11 is 0. The fraction of sp³-hybridized carbons (Fsp3) is 0.282. The predicted octanol–water partition coefficient (Wildman–Crippen LogP) is 21.1. The number of halogens is 2. The van der Waals surface area contributed by atoms with Gasteiger partial charge in [-0.1, -0.05) is 72.7 Å². The average molecular weight is 1900 g/mol. The maximum Gasteiger partial charge on any atom is 0.181 e. The van der Waals surface area contributed by atoms with Crippen molar-refractivity contribution in [2.45, 2.75) is 141 Å². The molecule has 142 heavy (non-hydrogen) atoms. The van der Waals surface area contributed by atoms with Gasteiger partial charge in [-0.2, -0.15) is 35.7 Å². The Morgan fingerprint density at radius 3 is 1.45 bits per heavy atom. The number of hydrogen-bond donors (Lipinski definition) is 8. The number of aromatic nitrogens is 21. The third-order valence-electron chi connectivity index (χ3n) is 27.8. The third kappa shape index (κ3) is 19.5. The van der Waals surface area contributed by atoms with Gasteiger partial charge in [0.15, 0.2) is 17.5 Å². The average Bonchev–Trinajstić information content (AvgIpc) is 1.65. The van der Waals surface area contributed by atoms with Crippen LogP contribution in [0.1, 0.15) is 147 Å². The van der Waals surface area contributed by atoms with Gasteiger partial charge in [-0.25, -0.2) is 28.4 Å². The molecule has 30 nitrogen and oxygen atoms in total. The lowest BCUT2D eigenvalue weighted by Gasteiger charge is -2.34. The third-order valence-corrected chi connectivity index (χ3v) is 27.8. The predicted molar refractivity (Wildman–Crippen MR) is 542 cm³/mol. The number of rotatable bonds is 22. The fourth-order valence-electron chi connectivity index (χ4n) is 20.3. The van der Waals surface area contributed by atoms with Crippen molar-refractivity contribution in [3.63, 3.8) is 0 Å². The van der Waals surface area contributed by atoms with Crippen LogP contribution in [0.2, 0.25) is 0 Å². The van der Waals surface area contributed by atoms with Gasteiger partial charge in [0.1, 0.15) is 69.2 Å². The summed E-state index contributed by atoms with van der Waals surface area (Å²) in [5.74, 6) is 7.81. The minimum Gasteiger partial charge on any atom is -0.496 e. The summed E-state index contributed by atoms with van der Waals surface area (Å²) < 4.78 is 59.5. The lowest BCUT2D eigenvalue weighted by Crippen LogP contribution is -2.36. The molecular weight excluding hydrogens is 1790 g/mol. The number of methoxy groups -OCH3 is 2. The number of aromatic amines is 7. The number of pyridine rings is 1. The van der Waals surface area contributed by atoms with E-state index in [4.69, 9.17) is 38.6 Å². The zero-order chi connectivity index (χ0) is 96.1. The first-order chi connectivity index (χ1) is 69.8. The van der Waals surface area contributed by atoms with Crippen molar-refractivity contribution in [1.29, 1.82) is 0 Å². The van der Waals surface area contributed by atoms with Gasteiger partial charge >= 0.3 is 0 Å².